The Morgan fingerprint density at radius 1 is 0.377 bits per heavy atom. The van der Waals surface area contributed by atoms with Crippen LogP contribution in [0.3, 0.4) is 0 Å². The quantitative estimate of drug-likeness (QED) is 0.155. The van der Waals surface area contributed by atoms with Crippen molar-refractivity contribution >= 4 is 186 Å². The first-order valence-electron chi connectivity index (χ1n) is 43.1. The summed E-state index contributed by atoms with van der Waals surface area (Å²) in [5.74, 6) is 0. The third kappa shape index (κ3) is 10.5. The number of thiophene rings is 2. The summed E-state index contributed by atoms with van der Waals surface area (Å²) in [6.45, 7) is 34.1. The Hall–Kier alpha value is -11.9. The number of fused-ring (bicyclic) bond motifs is 19. The van der Waals surface area contributed by atoms with Crippen LogP contribution < -0.4 is 26.2 Å². The minimum atomic E-state index is -0.569. The van der Waals surface area contributed by atoms with Gasteiger partial charge in [0.2, 0.25) is 0 Å². The van der Waals surface area contributed by atoms with E-state index in [0.717, 1.165) is 170 Å². The first-order valence-corrected chi connectivity index (χ1v) is 41.2. The molecule has 2 aliphatic heterocycles. The number of para-hydroxylation sites is 3. The minimum absolute atomic E-state index is 0.00977. The molecule has 21 rings (SSSR count). The van der Waals surface area contributed by atoms with Gasteiger partial charge in [-0.3, -0.25) is 0 Å². The fourth-order valence-corrected chi connectivity index (χ4v) is 21.3. The highest BCUT2D eigenvalue weighted by Crippen LogP contribution is 2.60. The maximum Gasteiger partial charge on any atom is 0.252 e. The molecule has 0 bridgehead atoms. The highest BCUT2D eigenvalue weighted by atomic mass is 32.1. The van der Waals surface area contributed by atoms with E-state index in [2.05, 4.69) is 302 Å². The molecule has 0 N–H and O–H groups in total. The number of nitrogens with zero attached hydrogens (tertiary/aromatic N) is 4. The number of hydrogen-bond donors (Lipinski definition) is 0. The molecule has 0 saturated heterocycles. The van der Waals surface area contributed by atoms with Crippen molar-refractivity contribution in [3.05, 3.63) is 288 Å². The van der Waals surface area contributed by atoms with E-state index in [1.54, 1.807) is 15.9 Å². The summed E-state index contributed by atoms with van der Waals surface area (Å²) in [6, 6.07) is 77.0. The molecule has 19 aromatic rings. The first-order chi connectivity index (χ1) is 57.6. The molecule has 0 atom stereocenters. The molecular weight excluding hydrogens is 1420 g/mol. The summed E-state index contributed by atoms with van der Waals surface area (Å²) in [7, 11) is 0. The average Bonchev–Trinajstić information content (AvgIpc) is 1.12. The number of anilines is 6. The van der Waals surface area contributed by atoms with E-state index < -0.39 is 41.7 Å². The van der Waals surface area contributed by atoms with Gasteiger partial charge in [0, 0.05) is 112 Å². The van der Waals surface area contributed by atoms with Gasteiger partial charge in [0.1, 0.15) is 22.3 Å². The zero-order chi connectivity index (χ0) is 84.4. The van der Waals surface area contributed by atoms with Gasteiger partial charge in [0.05, 0.1) is 43.6 Å². The molecular formula is C105H87BN4O2S2. The van der Waals surface area contributed by atoms with Crippen LogP contribution in [-0.4, -0.2) is 11.3 Å². The van der Waals surface area contributed by atoms with Crippen molar-refractivity contribution in [2.45, 2.75) is 131 Å². The van der Waals surface area contributed by atoms with Gasteiger partial charge in [-0.1, -0.05) is 255 Å². The molecule has 0 fully saturated rings. The van der Waals surface area contributed by atoms with E-state index in [1.807, 2.05) is 41.7 Å². The number of hydrogen-bond acceptors (Lipinski definition) is 7. The van der Waals surface area contributed by atoms with Gasteiger partial charge in [-0.2, -0.15) is 5.26 Å². The standard InChI is InChI=1S/C105H87BN4O2S2/c1-101(2,3)62-49-61(50-63(52-62)102(4,5)6)60-43-47-82-79(51-60)106-78-45-44-65(108-80-35-21-16-28-66(80)73-48-59(58-107)42-46-81(73)108)55-83(78)110(98-75(68-34-27-39-89-93(68)70-30-18-23-37-87(70)112-89)57-77(105(13,14)15)100-95(98)72-32-20-25-41-91(72)114-100)85-54-64(103(7,8)9)53-84(96(85)106)109(82)97-74(67-33-26-38-88-92(67)69-29-17-22-36-86(69)111-88)56-76(104(10,11)12)99-94(97)71-31-19-24-40-90(71)113-99/h16-57H,1-15H3/i16D,21D,28D,35D,42D,46D,48D. The average molecular weight is 1520 g/mol. The third-order valence-electron chi connectivity index (χ3n) is 24.1. The molecule has 0 aliphatic carbocycles. The van der Waals surface area contributed by atoms with Crippen LogP contribution >= 0.6 is 22.7 Å². The Kier molecular flexibility index (Phi) is 13.5. The Balaban J connectivity index is 1.00. The number of benzene rings is 14. The highest BCUT2D eigenvalue weighted by molar-refractivity contribution is 7.26. The van der Waals surface area contributed by atoms with Gasteiger partial charge in [-0.05, 0) is 197 Å². The van der Waals surface area contributed by atoms with Crippen LogP contribution in [0.1, 0.15) is 147 Å². The van der Waals surface area contributed by atoms with Gasteiger partial charge < -0.3 is 23.2 Å². The number of rotatable bonds is 6. The van der Waals surface area contributed by atoms with Crippen LogP contribution in [0.2, 0.25) is 0 Å². The second-order valence-corrected chi connectivity index (χ2v) is 38.6. The van der Waals surface area contributed by atoms with E-state index in [-0.39, 0.29) is 61.7 Å². The summed E-state index contributed by atoms with van der Waals surface area (Å²) in [4.78, 5) is 5.19. The molecule has 0 amide bonds. The molecule has 14 aromatic carbocycles. The van der Waals surface area contributed by atoms with Gasteiger partial charge in [0.25, 0.3) is 6.71 Å². The van der Waals surface area contributed by atoms with Crippen molar-refractivity contribution < 1.29 is 18.4 Å². The smallest absolute Gasteiger partial charge is 0.252 e. The normalized spacial score (nSPS) is 14.4. The van der Waals surface area contributed by atoms with Crippen molar-refractivity contribution in [2.24, 2.45) is 0 Å². The summed E-state index contributed by atoms with van der Waals surface area (Å²) < 4.78 is 88.3. The maximum absolute atomic E-state index is 10.8. The Labute approximate surface area is 683 Å². The second-order valence-electron chi connectivity index (χ2n) is 36.5. The molecule has 6 nitrogen and oxygen atoms in total. The lowest BCUT2D eigenvalue weighted by Crippen LogP contribution is -2.61. The summed E-state index contributed by atoms with van der Waals surface area (Å²) in [5, 5.41) is 19.1. The van der Waals surface area contributed by atoms with Gasteiger partial charge >= 0.3 is 0 Å². The zero-order valence-electron chi connectivity index (χ0n) is 73.7. The van der Waals surface area contributed by atoms with Gasteiger partial charge in [-0.25, -0.2) is 0 Å². The lowest BCUT2D eigenvalue weighted by molar-refractivity contribution is 0.569. The molecule has 0 spiro atoms. The fraction of sp³-hybridized carbons (Fsp3) is 0.190. The lowest BCUT2D eigenvalue weighted by Gasteiger charge is -2.46. The van der Waals surface area contributed by atoms with E-state index in [1.165, 1.54) is 26.1 Å². The lowest BCUT2D eigenvalue weighted by atomic mass is 9.33. The van der Waals surface area contributed by atoms with Crippen LogP contribution in [0.25, 0.3) is 145 Å². The van der Waals surface area contributed by atoms with E-state index >= 15 is 0 Å². The van der Waals surface area contributed by atoms with Crippen LogP contribution in [0.4, 0.5) is 34.1 Å². The highest BCUT2D eigenvalue weighted by Gasteiger charge is 2.47. The predicted octanol–water partition coefficient (Wildman–Crippen LogP) is 28.8. The molecule has 2 aliphatic rings. The molecule has 5 aromatic heterocycles. The van der Waals surface area contributed by atoms with Crippen LogP contribution in [-0.2, 0) is 27.1 Å². The Morgan fingerprint density at radius 3 is 1.40 bits per heavy atom. The number of aromatic nitrogens is 1. The van der Waals surface area contributed by atoms with Gasteiger partial charge in [-0.15, -0.1) is 22.7 Å². The number of furan rings is 2. The molecule has 114 heavy (non-hydrogen) atoms. The van der Waals surface area contributed by atoms with Crippen molar-refractivity contribution in [1.82, 2.24) is 4.57 Å². The topological polar surface area (TPSA) is 61.5 Å². The molecule has 0 unspecified atom stereocenters. The Bertz CT molecular complexity index is 7860. The molecule has 554 valence electrons. The summed E-state index contributed by atoms with van der Waals surface area (Å²) in [6.07, 6.45) is 0. The van der Waals surface area contributed by atoms with Crippen LogP contribution in [0, 0.1) is 11.3 Å². The minimum Gasteiger partial charge on any atom is -0.456 e. The largest absolute Gasteiger partial charge is 0.456 e. The van der Waals surface area contributed by atoms with E-state index in [0.29, 0.717) is 5.69 Å². The molecule has 9 heteroatoms. The zero-order valence-corrected chi connectivity index (χ0v) is 68.3. The van der Waals surface area contributed by atoms with Crippen LogP contribution in [0.5, 0.6) is 0 Å². The SMILES string of the molecule is [2H]c1c([2H])c([2H])c2c(c1[2H])c1c([2H])c(C#N)c([2H])c([2H])c1n2-c1ccc2c(c1)N(c1c(-c3cccc4oc5ccccc5c34)cc(C(C)(C)C)c3sc4ccccc4c13)c1cc(C(C)(C)C)cc3c1B2c1cc(-c2cc(C(C)(C)C)cc(C(C)(C)C)c2)ccc1N3c1c(-c2cccc3oc4ccccc4c23)cc(C(C)(C)C)c2sc3ccccc3c12. The predicted molar refractivity (Wildman–Crippen MR) is 490 cm³/mol. The van der Waals surface area contributed by atoms with Crippen molar-refractivity contribution in [1.29, 1.82) is 5.26 Å². The van der Waals surface area contributed by atoms with Crippen molar-refractivity contribution in [3.8, 4) is 45.1 Å². The van der Waals surface area contributed by atoms with Gasteiger partial charge in [0.15, 0.2) is 0 Å². The maximum atomic E-state index is 10.8. The van der Waals surface area contributed by atoms with Crippen molar-refractivity contribution in [2.75, 3.05) is 9.80 Å². The molecule has 0 radical (unpaired) electrons. The van der Waals surface area contributed by atoms with Crippen molar-refractivity contribution in [3.63, 3.8) is 0 Å². The fourth-order valence-electron chi connectivity index (χ4n) is 18.5. The summed E-state index contributed by atoms with van der Waals surface area (Å²) in [5.41, 5.74) is 22.0. The Morgan fingerprint density at radius 2 is 0.868 bits per heavy atom. The number of nitriles is 1. The second kappa shape index (κ2) is 24.5. The van der Waals surface area contributed by atoms with E-state index in [9.17, 15) is 14.9 Å². The molecule has 7 heterocycles. The third-order valence-corrected chi connectivity index (χ3v) is 26.5. The first kappa shape index (κ1) is 62.6. The van der Waals surface area contributed by atoms with E-state index in [4.69, 9.17) is 8.83 Å². The molecule has 0 saturated carbocycles. The summed E-state index contributed by atoms with van der Waals surface area (Å²) >= 11 is 3.65. The van der Waals surface area contributed by atoms with Crippen LogP contribution in [0.15, 0.2) is 263 Å². The monoisotopic (exact) mass is 1520 g/mol.